The highest BCUT2D eigenvalue weighted by Gasteiger charge is 2.26. The SMILES string of the molecule is C=C(O)CC(NC(=O)CNC(=C)C(NC(=O)OCc1ccccc1)C(C)C)C(=O)c1ncc(-c2ccccc2)[nH]1.CC. The number of imidazole rings is 1. The molecule has 0 radical (unpaired) electrons. The third-order valence-electron chi connectivity index (χ3n) is 5.99. The van der Waals surface area contributed by atoms with Gasteiger partial charge in [0.25, 0.3) is 0 Å². The number of aromatic nitrogens is 2. The normalized spacial score (nSPS) is 11.7. The van der Waals surface area contributed by atoms with E-state index in [0.29, 0.717) is 11.4 Å². The number of carbonyl (C=O) groups excluding carboxylic acids is 3. The molecule has 5 N–H and O–H groups in total. The Morgan fingerprint density at radius 2 is 1.60 bits per heavy atom. The summed E-state index contributed by atoms with van der Waals surface area (Å²) in [5, 5.41) is 18.0. The van der Waals surface area contributed by atoms with Crippen LogP contribution in [0.5, 0.6) is 0 Å². The largest absolute Gasteiger partial charge is 0.513 e. The first-order valence-electron chi connectivity index (χ1n) is 13.8. The maximum absolute atomic E-state index is 13.1. The van der Waals surface area contributed by atoms with Gasteiger partial charge >= 0.3 is 6.09 Å². The summed E-state index contributed by atoms with van der Waals surface area (Å²) in [6.45, 7) is 15.1. The fourth-order valence-electron chi connectivity index (χ4n) is 3.92. The quantitative estimate of drug-likeness (QED) is 0.130. The van der Waals surface area contributed by atoms with Crippen molar-refractivity contribution in [2.24, 2.45) is 5.92 Å². The summed E-state index contributed by atoms with van der Waals surface area (Å²) >= 11 is 0. The van der Waals surface area contributed by atoms with Crippen molar-refractivity contribution in [3.63, 3.8) is 0 Å². The molecule has 0 saturated heterocycles. The van der Waals surface area contributed by atoms with E-state index in [0.717, 1.165) is 11.1 Å². The Hall–Kier alpha value is -4.86. The summed E-state index contributed by atoms with van der Waals surface area (Å²) in [6, 6.07) is 17.0. The maximum atomic E-state index is 13.1. The third kappa shape index (κ3) is 10.6. The van der Waals surface area contributed by atoms with Crippen LogP contribution in [0, 0.1) is 5.92 Å². The molecule has 0 aliphatic heterocycles. The van der Waals surface area contributed by atoms with Crippen LogP contribution in [0.15, 0.2) is 91.5 Å². The molecule has 42 heavy (non-hydrogen) atoms. The Labute approximate surface area is 247 Å². The molecular weight excluding hydrogens is 534 g/mol. The van der Waals surface area contributed by atoms with E-state index in [9.17, 15) is 19.5 Å². The van der Waals surface area contributed by atoms with Crippen LogP contribution in [0.1, 0.15) is 50.3 Å². The minimum absolute atomic E-state index is 0.0425. The molecule has 2 atom stereocenters. The Bertz CT molecular complexity index is 1320. The molecule has 10 heteroatoms. The number of rotatable bonds is 14. The molecule has 0 spiro atoms. The predicted molar refractivity (Wildman–Crippen MR) is 164 cm³/mol. The molecule has 224 valence electrons. The Balaban J connectivity index is 0.00000301. The van der Waals surface area contributed by atoms with E-state index in [2.05, 4.69) is 39.1 Å². The molecule has 0 bridgehead atoms. The maximum Gasteiger partial charge on any atom is 0.408 e. The van der Waals surface area contributed by atoms with Crippen LogP contribution < -0.4 is 16.0 Å². The lowest BCUT2D eigenvalue weighted by atomic mass is 10.0. The number of nitrogens with zero attached hydrogens (tertiary/aromatic N) is 1. The number of aliphatic hydroxyl groups is 1. The first kappa shape index (κ1) is 33.3. The number of aliphatic hydroxyl groups excluding tert-OH is 1. The third-order valence-corrected chi connectivity index (χ3v) is 5.99. The Kier molecular flexibility index (Phi) is 13.5. The van der Waals surface area contributed by atoms with Crippen molar-refractivity contribution in [3.05, 3.63) is 103 Å². The minimum Gasteiger partial charge on any atom is -0.513 e. The van der Waals surface area contributed by atoms with Crippen molar-refractivity contribution in [3.8, 4) is 11.3 Å². The second-order valence-electron chi connectivity index (χ2n) is 9.57. The lowest BCUT2D eigenvalue weighted by Gasteiger charge is -2.25. The zero-order valence-corrected chi connectivity index (χ0v) is 24.6. The highest BCUT2D eigenvalue weighted by atomic mass is 16.5. The van der Waals surface area contributed by atoms with Gasteiger partial charge in [-0.05, 0) is 17.0 Å². The molecule has 0 fully saturated rings. The molecule has 3 aromatic rings. The van der Waals surface area contributed by atoms with Gasteiger partial charge in [0.1, 0.15) is 12.6 Å². The molecule has 2 amide bonds. The second kappa shape index (κ2) is 17.1. The predicted octanol–water partition coefficient (Wildman–Crippen LogP) is 5.29. The molecule has 0 aliphatic rings. The van der Waals surface area contributed by atoms with Crippen LogP contribution in [0.2, 0.25) is 0 Å². The fourth-order valence-corrected chi connectivity index (χ4v) is 3.92. The number of ether oxygens (including phenoxy) is 1. The average molecular weight is 576 g/mol. The van der Waals surface area contributed by atoms with Crippen LogP contribution in [0.3, 0.4) is 0 Å². The number of ketones is 1. The lowest BCUT2D eigenvalue weighted by Crippen LogP contribution is -2.48. The van der Waals surface area contributed by atoms with Crippen molar-refractivity contribution in [1.29, 1.82) is 0 Å². The van der Waals surface area contributed by atoms with Crippen LogP contribution >= 0.6 is 0 Å². The summed E-state index contributed by atoms with van der Waals surface area (Å²) in [4.78, 5) is 45.4. The Morgan fingerprint density at radius 3 is 2.19 bits per heavy atom. The highest BCUT2D eigenvalue weighted by Crippen LogP contribution is 2.17. The monoisotopic (exact) mass is 575 g/mol. The van der Waals surface area contributed by atoms with Gasteiger partial charge in [0.15, 0.2) is 5.82 Å². The first-order valence-corrected chi connectivity index (χ1v) is 13.8. The van der Waals surface area contributed by atoms with Gasteiger partial charge in [-0.25, -0.2) is 9.78 Å². The molecular formula is C32H41N5O5. The van der Waals surface area contributed by atoms with E-state index in [1.807, 2.05) is 88.4 Å². The second-order valence-corrected chi connectivity index (χ2v) is 9.57. The number of hydrogen-bond acceptors (Lipinski definition) is 7. The number of Topliss-reactive ketones (excluding diaryl/α,β-unsaturated/α-hetero) is 1. The van der Waals surface area contributed by atoms with Gasteiger partial charge in [-0.2, -0.15) is 0 Å². The van der Waals surface area contributed by atoms with Crippen molar-refractivity contribution in [2.75, 3.05) is 6.54 Å². The number of aromatic amines is 1. The van der Waals surface area contributed by atoms with Gasteiger partial charge in [-0.1, -0.05) is 102 Å². The standard InChI is InChI=1S/C30H35N5O5.C2H6/c1-19(2)27(35-30(39)40-18-22-11-7-5-8-12-22)21(4)31-17-26(37)33-24(15-20(3)36)28(38)29-32-16-25(34-29)23-13-9-6-10-14-23;1-2/h5-14,16,19,24,27,31,36H,3-4,15,17-18H2,1-2H3,(H,32,34)(H,33,37)(H,35,39);1-2H3. The number of H-pyrrole nitrogens is 1. The Morgan fingerprint density at radius 1 is 0.976 bits per heavy atom. The van der Waals surface area contributed by atoms with Crippen LogP contribution in [-0.4, -0.2) is 51.5 Å². The topological polar surface area (TPSA) is 145 Å². The fraction of sp³-hybridized carbons (Fsp3) is 0.312. The highest BCUT2D eigenvalue weighted by molar-refractivity contribution is 6.00. The first-order chi connectivity index (χ1) is 20.1. The van der Waals surface area contributed by atoms with Crippen LogP contribution in [0.4, 0.5) is 4.79 Å². The molecule has 2 unspecified atom stereocenters. The zero-order valence-electron chi connectivity index (χ0n) is 24.6. The number of hydrogen-bond donors (Lipinski definition) is 5. The van der Waals surface area contributed by atoms with Crippen LogP contribution in [0.25, 0.3) is 11.3 Å². The molecule has 2 aromatic carbocycles. The van der Waals surface area contributed by atoms with Crippen molar-refractivity contribution >= 4 is 17.8 Å². The van der Waals surface area contributed by atoms with Crippen molar-refractivity contribution in [2.45, 2.75) is 52.8 Å². The smallest absolute Gasteiger partial charge is 0.408 e. The van der Waals surface area contributed by atoms with E-state index in [4.69, 9.17) is 4.74 Å². The molecule has 1 heterocycles. The van der Waals surface area contributed by atoms with Gasteiger partial charge in [-0.15, -0.1) is 0 Å². The van der Waals surface area contributed by atoms with E-state index in [-0.39, 0.29) is 37.1 Å². The van der Waals surface area contributed by atoms with Crippen molar-refractivity contribution < 1.29 is 24.2 Å². The summed E-state index contributed by atoms with van der Waals surface area (Å²) in [5.74, 6) is -1.31. The van der Waals surface area contributed by atoms with Gasteiger partial charge in [-0.3, -0.25) is 9.59 Å². The van der Waals surface area contributed by atoms with Gasteiger partial charge in [0, 0.05) is 12.1 Å². The van der Waals surface area contributed by atoms with E-state index < -0.39 is 29.9 Å². The summed E-state index contributed by atoms with van der Waals surface area (Å²) < 4.78 is 5.30. The summed E-state index contributed by atoms with van der Waals surface area (Å²) in [7, 11) is 0. The number of carbonyl (C=O) groups is 3. The van der Waals surface area contributed by atoms with E-state index in [1.165, 1.54) is 6.20 Å². The molecule has 10 nitrogen and oxygen atoms in total. The van der Waals surface area contributed by atoms with E-state index >= 15 is 0 Å². The molecule has 3 rings (SSSR count). The summed E-state index contributed by atoms with van der Waals surface area (Å²) in [5.41, 5.74) is 2.74. The number of amides is 2. The average Bonchev–Trinajstić information content (AvgIpc) is 3.49. The number of alkyl carbamates (subject to hydrolysis) is 1. The van der Waals surface area contributed by atoms with Crippen molar-refractivity contribution in [1.82, 2.24) is 25.9 Å². The minimum atomic E-state index is -1.10. The number of nitrogens with one attached hydrogen (secondary N) is 4. The van der Waals surface area contributed by atoms with Gasteiger partial charge in [0.05, 0.1) is 30.2 Å². The van der Waals surface area contributed by atoms with E-state index in [1.54, 1.807) is 0 Å². The molecule has 0 aliphatic carbocycles. The zero-order chi connectivity index (χ0) is 31.1. The number of benzene rings is 2. The van der Waals surface area contributed by atoms with Gasteiger partial charge < -0.3 is 30.8 Å². The van der Waals surface area contributed by atoms with Crippen LogP contribution in [-0.2, 0) is 16.1 Å². The summed E-state index contributed by atoms with van der Waals surface area (Å²) in [6.07, 6.45) is 0.733. The lowest BCUT2D eigenvalue weighted by molar-refractivity contribution is -0.120. The molecule has 0 saturated carbocycles. The molecule has 1 aromatic heterocycles. The van der Waals surface area contributed by atoms with Gasteiger partial charge in [0.2, 0.25) is 11.7 Å².